The maximum Gasteiger partial charge on any atom is 0.253 e. The first-order chi connectivity index (χ1) is 15.3. The third-order valence-corrected chi connectivity index (χ3v) is 6.60. The van der Waals surface area contributed by atoms with Crippen molar-refractivity contribution in [3.05, 3.63) is 74.6 Å². The largest absolute Gasteiger partial charge is 0.376 e. The van der Waals surface area contributed by atoms with Crippen LogP contribution in [0.5, 0.6) is 0 Å². The minimum atomic E-state index is -0.0714. The minimum absolute atomic E-state index is 0.0714. The van der Waals surface area contributed by atoms with E-state index >= 15 is 0 Å². The lowest BCUT2D eigenvalue weighted by atomic mass is 10.0. The van der Waals surface area contributed by atoms with Gasteiger partial charge in [-0.1, -0.05) is 29.8 Å². The minimum Gasteiger partial charge on any atom is -0.376 e. The molecule has 32 heavy (non-hydrogen) atoms. The Morgan fingerprint density at radius 1 is 1.12 bits per heavy atom. The number of nitrogens with one attached hydrogen (secondary N) is 2. The molecule has 168 valence electrons. The van der Waals surface area contributed by atoms with E-state index in [9.17, 15) is 4.79 Å². The van der Waals surface area contributed by atoms with Crippen molar-refractivity contribution in [1.29, 1.82) is 0 Å². The number of thiocarbonyl (C=S) groups is 1. The number of fused-ring (bicyclic) bond motifs is 1. The fourth-order valence-corrected chi connectivity index (χ4v) is 4.59. The maximum absolute atomic E-state index is 13.0. The zero-order valence-corrected chi connectivity index (χ0v) is 20.1. The van der Waals surface area contributed by atoms with Crippen LogP contribution in [0.15, 0.2) is 41.2 Å². The van der Waals surface area contributed by atoms with Crippen LogP contribution in [-0.4, -0.2) is 34.3 Å². The maximum atomic E-state index is 13.0. The smallest absolute Gasteiger partial charge is 0.253 e. The topological polar surface area (TPSA) is 57.4 Å². The summed E-state index contributed by atoms with van der Waals surface area (Å²) in [5.41, 5.74) is 7.08. The van der Waals surface area contributed by atoms with Crippen LogP contribution in [0.1, 0.15) is 40.7 Å². The predicted octanol–water partition coefficient (Wildman–Crippen LogP) is 5.14. The van der Waals surface area contributed by atoms with Gasteiger partial charge in [-0.15, -0.1) is 0 Å². The molecule has 0 bridgehead atoms. The first kappa shape index (κ1) is 22.5. The first-order valence-electron chi connectivity index (χ1n) is 11.2. The molecular weight excluding hydrogens is 418 g/mol. The molecule has 0 aliphatic carbocycles. The number of rotatable bonds is 5. The number of pyridine rings is 1. The molecule has 1 fully saturated rings. The summed E-state index contributed by atoms with van der Waals surface area (Å²) >= 11 is 5.82. The van der Waals surface area contributed by atoms with Crippen molar-refractivity contribution in [3.8, 4) is 0 Å². The third-order valence-electron chi connectivity index (χ3n) is 6.24. The fraction of sp³-hybridized carbons (Fsp3) is 0.385. The molecule has 2 N–H and O–H groups in total. The molecule has 1 saturated heterocycles. The van der Waals surface area contributed by atoms with Crippen molar-refractivity contribution in [3.63, 3.8) is 0 Å². The normalized spacial score (nSPS) is 15.8. The Balaban J connectivity index is 1.64. The van der Waals surface area contributed by atoms with Crippen LogP contribution in [0.2, 0.25) is 0 Å². The zero-order valence-electron chi connectivity index (χ0n) is 19.2. The Labute approximate surface area is 194 Å². The molecule has 4 rings (SSSR count). The number of benzene rings is 2. The van der Waals surface area contributed by atoms with E-state index in [1.54, 1.807) is 0 Å². The summed E-state index contributed by atoms with van der Waals surface area (Å²) in [6, 6.07) is 12.4. The van der Waals surface area contributed by atoms with Gasteiger partial charge in [-0.3, -0.25) is 4.79 Å². The standard InChI is InChI=1S/C26H31N3O2S/c1-16-7-10-23(19(4)12-16)27-26(32)29(15-21-6-5-11-31-21)14-20-13-22-17(2)8-9-18(3)24(22)28-25(20)30/h7-10,12-13,21H,5-6,11,14-15H2,1-4H3,(H,27,32)(H,28,30)/t21-/m0/s1. The van der Waals surface area contributed by atoms with Gasteiger partial charge in [0.05, 0.1) is 18.2 Å². The number of anilines is 1. The highest BCUT2D eigenvalue weighted by Gasteiger charge is 2.22. The second kappa shape index (κ2) is 9.43. The number of aromatic nitrogens is 1. The highest BCUT2D eigenvalue weighted by Crippen LogP contribution is 2.22. The molecular formula is C26H31N3O2S. The summed E-state index contributed by atoms with van der Waals surface area (Å²) in [6.07, 6.45) is 2.19. The molecule has 1 atom stereocenters. The van der Waals surface area contributed by atoms with Gasteiger partial charge in [0.25, 0.3) is 5.56 Å². The number of aromatic amines is 1. The molecule has 1 aliphatic heterocycles. The van der Waals surface area contributed by atoms with Gasteiger partial charge in [0.1, 0.15) is 0 Å². The summed E-state index contributed by atoms with van der Waals surface area (Å²) < 4.78 is 5.88. The molecule has 0 amide bonds. The molecule has 6 heteroatoms. The van der Waals surface area contributed by atoms with E-state index in [1.165, 1.54) is 5.56 Å². The summed E-state index contributed by atoms with van der Waals surface area (Å²) in [6.45, 7) is 10.1. The quantitative estimate of drug-likeness (QED) is 0.528. The lowest BCUT2D eigenvalue weighted by molar-refractivity contribution is 0.0904. The number of hydrogen-bond acceptors (Lipinski definition) is 3. The van der Waals surface area contributed by atoms with Gasteiger partial charge < -0.3 is 19.9 Å². The van der Waals surface area contributed by atoms with Crippen LogP contribution >= 0.6 is 12.2 Å². The molecule has 1 aromatic heterocycles. The van der Waals surface area contributed by atoms with Gasteiger partial charge in [0, 0.05) is 29.8 Å². The highest BCUT2D eigenvalue weighted by molar-refractivity contribution is 7.80. The van der Waals surface area contributed by atoms with E-state index in [1.807, 2.05) is 19.1 Å². The van der Waals surface area contributed by atoms with Crippen molar-refractivity contribution in [2.75, 3.05) is 18.5 Å². The first-order valence-corrected chi connectivity index (χ1v) is 11.6. The van der Waals surface area contributed by atoms with Crippen molar-refractivity contribution in [1.82, 2.24) is 9.88 Å². The van der Waals surface area contributed by atoms with Gasteiger partial charge >= 0.3 is 0 Å². The van der Waals surface area contributed by atoms with Gasteiger partial charge in [0.2, 0.25) is 0 Å². The van der Waals surface area contributed by atoms with Crippen molar-refractivity contribution >= 4 is 33.9 Å². The monoisotopic (exact) mass is 449 g/mol. The Bertz CT molecular complexity index is 1210. The molecule has 5 nitrogen and oxygen atoms in total. The summed E-state index contributed by atoms with van der Waals surface area (Å²) in [5, 5.41) is 5.08. The van der Waals surface area contributed by atoms with E-state index < -0.39 is 0 Å². The summed E-state index contributed by atoms with van der Waals surface area (Å²) in [5.74, 6) is 0. The lowest BCUT2D eigenvalue weighted by Gasteiger charge is -2.28. The number of H-pyrrole nitrogens is 1. The number of aryl methyl sites for hydroxylation is 4. The van der Waals surface area contributed by atoms with Crippen molar-refractivity contribution < 1.29 is 4.74 Å². The zero-order chi connectivity index (χ0) is 22.8. The van der Waals surface area contributed by atoms with Gasteiger partial charge in [-0.25, -0.2) is 0 Å². The number of hydrogen-bond donors (Lipinski definition) is 2. The van der Waals surface area contributed by atoms with Crippen LogP contribution < -0.4 is 10.9 Å². The van der Waals surface area contributed by atoms with Gasteiger partial charge in [0.15, 0.2) is 5.11 Å². The Hall–Kier alpha value is -2.70. The molecule has 1 aliphatic rings. The second-order valence-electron chi connectivity index (χ2n) is 8.88. The van der Waals surface area contributed by atoms with E-state index in [2.05, 4.69) is 60.2 Å². The second-order valence-corrected chi connectivity index (χ2v) is 9.26. The summed E-state index contributed by atoms with van der Waals surface area (Å²) in [4.78, 5) is 18.1. The SMILES string of the molecule is Cc1ccc(NC(=S)N(Cc2cc3c(C)ccc(C)c3[nH]c2=O)C[C@@H]2CCCO2)c(C)c1. The molecule has 2 heterocycles. The lowest BCUT2D eigenvalue weighted by Crippen LogP contribution is -2.40. The van der Waals surface area contributed by atoms with E-state index in [0.29, 0.717) is 23.8 Å². The van der Waals surface area contributed by atoms with Crippen LogP contribution in [-0.2, 0) is 11.3 Å². The van der Waals surface area contributed by atoms with Crippen molar-refractivity contribution in [2.45, 2.75) is 53.2 Å². The molecule has 0 unspecified atom stereocenters. The molecule has 0 saturated carbocycles. The van der Waals surface area contributed by atoms with Crippen LogP contribution in [0.4, 0.5) is 5.69 Å². The highest BCUT2D eigenvalue weighted by atomic mass is 32.1. The fourth-order valence-electron chi connectivity index (χ4n) is 4.34. The van der Waals surface area contributed by atoms with Crippen molar-refractivity contribution in [2.24, 2.45) is 0 Å². The molecule has 3 aromatic rings. The predicted molar refractivity (Wildman–Crippen MR) is 136 cm³/mol. The van der Waals surface area contributed by atoms with Crippen LogP contribution in [0.3, 0.4) is 0 Å². The van der Waals surface area contributed by atoms with Gasteiger partial charge in [-0.2, -0.15) is 0 Å². The Morgan fingerprint density at radius 3 is 2.62 bits per heavy atom. The van der Waals surface area contributed by atoms with E-state index in [4.69, 9.17) is 17.0 Å². The summed E-state index contributed by atoms with van der Waals surface area (Å²) in [7, 11) is 0. The Morgan fingerprint density at radius 2 is 1.91 bits per heavy atom. The molecule has 0 spiro atoms. The number of nitrogens with zero attached hydrogens (tertiary/aromatic N) is 1. The van der Waals surface area contributed by atoms with Crippen LogP contribution in [0, 0.1) is 27.7 Å². The average molecular weight is 450 g/mol. The molecule has 2 aromatic carbocycles. The molecule has 0 radical (unpaired) electrons. The van der Waals surface area contributed by atoms with Crippen LogP contribution in [0.25, 0.3) is 10.9 Å². The van der Waals surface area contributed by atoms with E-state index in [-0.39, 0.29) is 11.7 Å². The number of ether oxygens (including phenoxy) is 1. The average Bonchev–Trinajstić information content (AvgIpc) is 3.26. The van der Waals surface area contributed by atoms with Gasteiger partial charge in [-0.05, 0) is 81.6 Å². The Kier molecular flexibility index (Phi) is 6.63. The third kappa shape index (κ3) is 4.87. The van der Waals surface area contributed by atoms with E-state index in [0.717, 1.165) is 52.7 Å².